The summed E-state index contributed by atoms with van der Waals surface area (Å²) in [5, 5.41) is 0. The molecule has 1 aromatic carbocycles. The van der Waals surface area contributed by atoms with E-state index in [2.05, 4.69) is 9.80 Å². The third-order valence-electron chi connectivity index (χ3n) is 6.41. The zero-order valence-electron chi connectivity index (χ0n) is 17.5. The van der Waals surface area contributed by atoms with E-state index < -0.39 is 0 Å². The number of amides is 2. The molecule has 1 aromatic rings. The van der Waals surface area contributed by atoms with Crippen molar-refractivity contribution in [3.8, 4) is 0 Å². The number of carbonyl (C=O) groups excluding carboxylic acids is 2. The topological polar surface area (TPSA) is 47.1 Å². The van der Waals surface area contributed by atoms with Crippen LogP contribution in [0, 0.1) is 5.82 Å². The predicted molar refractivity (Wildman–Crippen MR) is 118 cm³/mol. The van der Waals surface area contributed by atoms with Crippen molar-refractivity contribution in [2.75, 3.05) is 68.8 Å². The summed E-state index contributed by atoms with van der Waals surface area (Å²) in [5.74, 6) is 2.25. The highest BCUT2D eigenvalue weighted by Gasteiger charge is 2.34. The van der Waals surface area contributed by atoms with Crippen LogP contribution in [0.15, 0.2) is 24.3 Å². The van der Waals surface area contributed by atoms with E-state index in [1.807, 2.05) is 21.6 Å². The highest BCUT2D eigenvalue weighted by Crippen LogP contribution is 2.22. The second kappa shape index (κ2) is 10.0. The first-order chi connectivity index (χ1) is 14.6. The van der Waals surface area contributed by atoms with Gasteiger partial charge in [-0.15, -0.1) is 0 Å². The lowest BCUT2D eigenvalue weighted by atomic mass is 10.1. The standard InChI is InChI=1S/C22H31FN4O2S/c23-18-3-5-19(6-4-18)24-10-12-26(13-11-24)21(28)7-9-25-8-1-2-20(25)22(29)27-14-16-30-17-15-27/h3-6,20H,1-2,7-17H2. The van der Waals surface area contributed by atoms with E-state index in [0.29, 0.717) is 26.1 Å². The first-order valence-electron chi connectivity index (χ1n) is 11.0. The minimum absolute atomic E-state index is 0.0452. The van der Waals surface area contributed by atoms with Gasteiger partial charge in [-0.3, -0.25) is 14.5 Å². The summed E-state index contributed by atoms with van der Waals surface area (Å²) < 4.78 is 13.1. The Morgan fingerprint density at radius 3 is 2.33 bits per heavy atom. The van der Waals surface area contributed by atoms with Gasteiger partial charge in [0.2, 0.25) is 11.8 Å². The Kier molecular flexibility index (Phi) is 7.15. The van der Waals surface area contributed by atoms with Crippen molar-refractivity contribution in [3.05, 3.63) is 30.1 Å². The monoisotopic (exact) mass is 434 g/mol. The lowest BCUT2D eigenvalue weighted by molar-refractivity contribution is -0.137. The molecule has 0 radical (unpaired) electrons. The van der Waals surface area contributed by atoms with Crippen molar-refractivity contribution in [2.24, 2.45) is 0 Å². The van der Waals surface area contributed by atoms with Gasteiger partial charge in [-0.1, -0.05) is 0 Å². The van der Waals surface area contributed by atoms with E-state index in [1.165, 1.54) is 12.1 Å². The van der Waals surface area contributed by atoms with Crippen LogP contribution in [0.3, 0.4) is 0 Å². The number of nitrogens with zero attached hydrogens (tertiary/aromatic N) is 4. The quantitative estimate of drug-likeness (QED) is 0.709. The molecule has 4 rings (SSSR count). The maximum Gasteiger partial charge on any atom is 0.239 e. The number of hydrogen-bond acceptors (Lipinski definition) is 5. The molecule has 2 amide bonds. The van der Waals surface area contributed by atoms with Crippen LogP contribution in [0.4, 0.5) is 10.1 Å². The molecule has 0 bridgehead atoms. The van der Waals surface area contributed by atoms with Crippen LogP contribution in [0.25, 0.3) is 0 Å². The fourth-order valence-electron chi connectivity index (χ4n) is 4.63. The first kappa shape index (κ1) is 21.4. The van der Waals surface area contributed by atoms with Gasteiger partial charge in [-0.05, 0) is 43.7 Å². The molecule has 1 atom stereocenters. The molecule has 6 nitrogen and oxygen atoms in total. The van der Waals surface area contributed by atoms with Crippen LogP contribution in [0.1, 0.15) is 19.3 Å². The maximum atomic E-state index is 13.1. The van der Waals surface area contributed by atoms with Crippen molar-refractivity contribution in [2.45, 2.75) is 25.3 Å². The molecule has 30 heavy (non-hydrogen) atoms. The molecule has 3 heterocycles. The normalized spacial score (nSPS) is 23.1. The minimum atomic E-state index is -0.231. The van der Waals surface area contributed by atoms with Gasteiger partial charge in [-0.25, -0.2) is 4.39 Å². The summed E-state index contributed by atoms with van der Waals surface area (Å²) in [6, 6.07) is 6.49. The number of benzene rings is 1. The number of thioether (sulfide) groups is 1. The summed E-state index contributed by atoms with van der Waals surface area (Å²) >= 11 is 1.91. The minimum Gasteiger partial charge on any atom is -0.368 e. The zero-order valence-corrected chi connectivity index (χ0v) is 18.3. The van der Waals surface area contributed by atoms with Crippen LogP contribution in [-0.2, 0) is 9.59 Å². The molecule has 0 saturated carbocycles. The van der Waals surface area contributed by atoms with E-state index >= 15 is 0 Å². The van der Waals surface area contributed by atoms with Crippen molar-refractivity contribution in [1.29, 1.82) is 0 Å². The van der Waals surface area contributed by atoms with E-state index in [-0.39, 0.29) is 23.7 Å². The van der Waals surface area contributed by atoms with Gasteiger partial charge in [0.25, 0.3) is 0 Å². The average molecular weight is 435 g/mol. The van der Waals surface area contributed by atoms with Crippen molar-refractivity contribution < 1.29 is 14.0 Å². The first-order valence-corrected chi connectivity index (χ1v) is 12.2. The van der Waals surface area contributed by atoms with E-state index in [1.54, 1.807) is 12.1 Å². The van der Waals surface area contributed by atoms with Crippen molar-refractivity contribution in [1.82, 2.24) is 14.7 Å². The lowest BCUT2D eigenvalue weighted by Crippen LogP contribution is -2.50. The van der Waals surface area contributed by atoms with Gasteiger partial charge in [-0.2, -0.15) is 11.8 Å². The van der Waals surface area contributed by atoms with Gasteiger partial charge in [0.15, 0.2) is 0 Å². The predicted octanol–water partition coefficient (Wildman–Crippen LogP) is 1.90. The summed E-state index contributed by atoms with van der Waals surface area (Å²) in [5.41, 5.74) is 0.998. The molecule has 3 aliphatic rings. The van der Waals surface area contributed by atoms with Crippen molar-refractivity contribution >= 4 is 29.3 Å². The molecule has 164 valence electrons. The van der Waals surface area contributed by atoms with Gasteiger partial charge in [0, 0.05) is 69.4 Å². The second-order valence-corrected chi connectivity index (χ2v) is 9.45. The molecule has 0 N–H and O–H groups in total. The number of likely N-dealkylation sites (tertiary alicyclic amines) is 1. The van der Waals surface area contributed by atoms with Gasteiger partial charge in [0.05, 0.1) is 6.04 Å². The molecule has 0 spiro atoms. The number of carbonyl (C=O) groups is 2. The number of hydrogen-bond donors (Lipinski definition) is 0. The Bertz CT molecular complexity index is 733. The molecule has 0 aromatic heterocycles. The van der Waals surface area contributed by atoms with E-state index in [9.17, 15) is 14.0 Å². The highest BCUT2D eigenvalue weighted by molar-refractivity contribution is 7.99. The molecular formula is C22H31FN4O2S. The van der Waals surface area contributed by atoms with E-state index in [4.69, 9.17) is 0 Å². The van der Waals surface area contributed by atoms with Gasteiger partial charge >= 0.3 is 0 Å². The Labute approximate surface area is 182 Å². The molecule has 3 fully saturated rings. The average Bonchev–Trinajstić information content (AvgIpc) is 3.27. The van der Waals surface area contributed by atoms with Crippen LogP contribution < -0.4 is 4.90 Å². The van der Waals surface area contributed by atoms with Crippen LogP contribution in [-0.4, -0.2) is 96.4 Å². The molecule has 1 unspecified atom stereocenters. The molecule has 3 saturated heterocycles. The molecule has 3 aliphatic heterocycles. The number of piperazine rings is 1. The fraction of sp³-hybridized carbons (Fsp3) is 0.636. The Hall–Kier alpha value is -1.80. The Morgan fingerprint density at radius 1 is 0.933 bits per heavy atom. The molecule has 0 aliphatic carbocycles. The summed E-state index contributed by atoms with van der Waals surface area (Å²) in [4.78, 5) is 34.0. The number of halogens is 1. The third-order valence-corrected chi connectivity index (χ3v) is 7.35. The zero-order chi connectivity index (χ0) is 20.9. The number of anilines is 1. The third kappa shape index (κ3) is 5.09. The summed E-state index contributed by atoms with van der Waals surface area (Å²) in [6.07, 6.45) is 2.41. The smallest absolute Gasteiger partial charge is 0.239 e. The Balaban J connectivity index is 1.23. The van der Waals surface area contributed by atoms with Crippen LogP contribution in [0.2, 0.25) is 0 Å². The van der Waals surface area contributed by atoms with Crippen LogP contribution in [0.5, 0.6) is 0 Å². The van der Waals surface area contributed by atoms with E-state index in [0.717, 1.165) is 62.8 Å². The SMILES string of the molecule is O=C(CCN1CCCC1C(=O)N1CCSCC1)N1CCN(c2ccc(F)cc2)CC1. The second-order valence-electron chi connectivity index (χ2n) is 8.23. The lowest BCUT2D eigenvalue weighted by Gasteiger charge is -2.36. The molecular weight excluding hydrogens is 403 g/mol. The fourth-order valence-corrected chi connectivity index (χ4v) is 5.53. The number of rotatable bonds is 5. The summed E-state index contributed by atoms with van der Waals surface area (Å²) in [7, 11) is 0. The Morgan fingerprint density at radius 2 is 1.63 bits per heavy atom. The van der Waals surface area contributed by atoms with Gasteiger partial charge < -0.3 is 14.7 Å². The summed E-state index contributed by atoms with van der Waals surface area (Å²) in [6.45, 7) is 6.16. The van der Waals surface area contributed by atoms with Crippen LogP contribution >= 0.6 is 11.8 Å². The largest absolute Gasteiger partial charge is 0.368 e. The van der Waals surface area contributed by atoms with Crippen molar-refractivity contribution in [3.63, 3.8) is 0 Å². The molecule has 8 heteroatoms. The highest BCUT2D eigenvalue weighted by atomic mass is 32.2. The van der Waals surface area contributed by atoms with Gasteiger partial charge in [0.1, 0.15) is 5.82 Å². The maximum absolute atomic E-state index is 13.1.